The summed E-state index contributed by atoms with van der Waals surface area (Å²) >= 11 is 1.78. The number of thioether (sulfide) groups is 1. The van der Waals surface area contributed by atoms with Crippen LogP contribution in [-0.2, 0) is 11.3 Å². The van der Waals surface area contributed by atoms with Gasteiger partial charge in [-0.25, -0.2) is 4.98 Å². The highest BCUT2D eigenvalue weighted by Crippen LogP contribution is 2.18. The van der Waals surface area contributed by atoms with Crippen molar-refractivity contribution in [3.05, 3.63) is 54.2 Å². The zero-order valence-electron chi connectivity index (χ0n) is 12.6. The molecule has 0 spiro atoms. The third-order valence-electron chi connectivity index (χ3n) is 3.06. The van der Waals surface area contributed by atoms with E-state index in [-0.39, 0.29) is 5.91 Å². The van der Waals surface area contributed by atoms with Gasteiger partial charge in [0.25, 0.3) is 0 Å². The molecule has 2 aromatic rings. The lowest BCUT2D eigenvalue weighted by atomic mass is 10.2. The Balaban J connectivity index is 1.63. The number of amides is 1. The zero-order chi connectivity index (χ0) is 15.6. The van der Waals surface area contributed by atoms with E-state index in [1.54, 1.807) is 25.1 Å². The summed E-state index contributed by atoms with van der Waals surface area (Å²) in [5.74, 6) is 1.58. The molecule has 0 aliphatic rings. The Kier molecular flexibility index (Phi) is 6.77. The molecule has 1 aromatic carbocycles. The number of benzene rings is 1. The summed E-state index contributed by atoms with van der Waals surface area (Å²) in [4.78, 5) is 17.1. The quantitative estimate of drug-likeness (QED) is 0.600. The molecule has 0 radical (unpaired) electrons. The highest BCUT2D eigenvalue weighted by molar-refractivity contribution is 7.99. The number of nitrogens with zero attached hydrogens (tertiary/aromatic N) is 1. The first kappa shape index (κ1) is 16.4. The topological polar surface area (TPSA) is 51.2 Å². The molecule has 1 amide bonds. The fourth-order valence-electron chi connectivity index (χ4n) is 1.90. The van der Waals surface area contributed by atoms with Gasteiger partial charge in [-0.05, 0) is 35.9 Å². The predicted octanol–water partition coefficient (Wildman–Crippen LogP) is 3.28. The summed E-state index contributed by atoms with van der Waals surface area (Å²) in [6, 6.07) is 13.9. The monoisotopic (exact) mass is 316 g/mol. The summed E-state index contributed by atoms with van der Waals surface area (Å²) in [5.41, 5.74) is 0.985. The molecule has 1 N–H and O–H groups in total. The molecule has 2 rings (SSSR count). The van der Waals surface area contributed by atoms with Gasteiger partial charge in [-0.3, -0.25) is 4.79 Å². The lowest BCUT2D eigenvalue weighted by Crippen LogP contribution is -2.22. The second-order valence-corrected chi connectivity index (χ2v) is 5.92. The van der Waals surface area contributed by atoms with Crippen LogP contribution in [0.2, 0.25) is 0 Å². The van der Waals surface area contributed by atoms with Crippen LogP contribution >= 0.6 is 11.8 Å². The summed E-state index contributed by atoms with van der Waals surface area (Å²) < 4.78 is 5.06. The third-order valence-corrected chi connectivity index (χ3v) is 4.16. The van der Waals surface area contributed by atoms with Crippen molar-refractivity contribution in [1.82, 2.24) is 10.3 Å². The first-order chi connectivity index (χ1) is 10.8. The summed E-state index contributed by atoms with van der Waals surface area (Å²) in [6.07, 6.45) is 3.09. The van der Waals surface area contributed by atoms with Crippen molar-refractivity contribution in [2.75, 3.05) is 12.9 Å². The number of aromatic nitrogens is 1. The van der Waals surface area contributed by atoms with Crippen molar-refractivity contribution in [2.24, 2.45) is 0 Å². The molecular formula is C17H20N2O2S. The normalized spacial score (nSPS) is 10.2. The minimum atomic E-state index is 0.0736. The van der Waals surface area contributed by atoms with E-state index >= 15 is 0 Å². The van der Waals surface area contributed by atoms with Gasteiger partial charge in [-0.1, -0.05) is 18.2 Å². The fourth-order valence-corrected chi connectivity index (χ4v) is 2.77. The number of hydrogen-bond donors (Lipinski definition) is 1. The molecular weight excluding hydrogens is 296 g/mol. The molecule has 0 saturated carbocycles. The highest BCUT2D eigenvalue weighted by atomic mass is 32.2. The predicted molar refractivity (Wildman–Crippen MR) is 89.0 cm³/mol. The lowest BCUT2D eigenvalue weighted by Gasteiger charge is -2.06. The van der Waals surface area contributed by atoms with Crippen LogP contribution < -0.4 is 10.1 Å². The minimum absolute atomic E-state index is 0.0736. The number of nitrogens with one attached hydrogen (secondary N) is 1. The van der Waals surface area contributed by atoms with Crippen LogP contribution in [0.5, 0.6) is 5.88 Å². The van der Waals surface area contributed by atoms with Crippen molar-refractivity contribution in [2.45, 2.75) is 24.3 Å². The first-order valence-electron chi connectivity index (χ1n) is 7.21. The van der Waals surface area contributed by atoms with Crippen LogP contribution in [0.1, 0.15) is 18.4 Å². The molecule has 0 bridgehead atoms. The van der Waals surface area contributed by atoms with Gasteiger partial charge in [0.05, 0.1) is 7.11 Å². The molecule has 0 atom stereocenters. The van der Waals surface area contributed by atoms with Gasteiger partial charge in [0.1, 0.15) is 0 Å². The molecule has 0 saturated heterocycles. The van der Waals surface area contributed by atoms with E-state index in [4.69, 9.17) is 4.74 Å². The second kappa shape index (κ2) is 9.10. The van der Waals surface area contributed by atoms with Crippen LogP contribution in [0, 0.1) is 0 Å². The molecule has 0 aliphatic heterocycles. The molecule has 0 aliphatic carbocycles. The maximum absolute atomic E-state index is 11.8. The second-order valence-electron chi connectivity index (χ2n) is 4.75. The van der Waals surface area contributed by atoms with E-state index in [0.717, 1.165) is 17.7 Å². The third kappa shape index (κ3) is 5.77. The van der Waals surface area contributed by atoms with E-state index in [9.17, 15) is 4.79 Å². The van der Waals surface area contributed by atoms with Crippen molar-refractivity contribution >= 4 is 17.7 Å². The van der Waals surface area contributed by atoms with Crippen LogP contribution in [-0.4, -0.2) is 23.8 Å². The Hall–Kier alpha value is -2.01. The molecule has 0 fully saturated rings. The van der Waals surface area contributed by atoms with E-state index in [1.165, 1.54) is 4.90 Å². The summed E-state index contributed by atoms with van der Waals surface area (Å²) in [7, 11) is 1.58. The summed E-state index contributed by atoms with van der Waals surface area (Å²) in [5, 5.41) is 2.92. The molecule has 22 heavy (non-hydrogen) atoms. The van der Waals surface area contributed by atoms with E-state index in [1.807, 2.05) is 30.3 Å². The van der Waals surface area contributed by atoms with E-state index < -0.39 is 0 Å². The van der Waals surface area contributed by atoms with Gasteiger partial charge in [0.2, 0.25) is 11.8 Å². The average molecular weight is 316 g/mol. The SMILES string of the molecule is COc1cc(CNC(=O)CCCSc2ccccc2)ccn1. The highest BCUT2D eigenvalue weighted by Gasteiger charge is 2.03. The van der Waals surface area contributed by atoms with Crippen LogP contribution in [0.15, 0.2) is 53.6 Å². The van der Waals surface area contributed by atoms with Crippen molar-refractivity contribution < 1.29 is 9.53 Å². The number of carbonyl (C=O) groups excluding carboxylic acids is 1. The van der Waals surface area contributed by atoms with Gasteiger partial charge in [0, 0.05) is 30.1 Å². The molecule has 116 valence electrons. The first-order valence-corrected chi connectivity index (χ1v) is 8.20. The summed E-state index contributed by atoms with van der Waals surface area (Å²) in [6.45, 7) is 0.504. The molecule has 1 aromatic heterocycles. The fraction of sp³-hybridized carbons (Fsp3) is 0.294. The number of pyridine rings is 1. The van der Waals surface area contributed by atoms with Gasteiger partial charge in [0.15, 0.2) is 0 Å². The smallest absolute Gasteiger partial charge is 0.220 e. The van der Waals surface area contributed by atoms with Crippen LogP contribution in [0.3, 0.4) is 0 Å². The number of hydrogen-bond acceptors (Lipinski definition) is 4. The molecule has 0 unspecified atom stereocenters. The van der Waals surface area contributed by atoms with Gasteiger partial charge < -0.3 is 10.1 Å². The molecule has 5 heteroatoms. The van der Waals surface area contributed by atoms with Gasteiger partial charge in [-0.2, -0.15) is 0 Å². The number of methoxy groups -OCH3 is 1. The lowest BCUT2D eigenvalue weighted by molar-refractivity contribution is -0.121. The van der Waals surface area contributed by atoms with Crippen molar-refractivity contribution in [3.8, 4) is 5.88 Å². The molecule has 4 nitrogen and oxygen atoms in total. The largest absolute Gasteiger partial charge is 0.481 e. The number of carbonyl (C=O) groups is 1. The van der Waals surface area contributed by atoms with Gasteiger partial charge >= 0.3 is 0 Å². The maximum Gasteiger partial charge on any atom is 0.220 e. The van der Waals surface area contributed by atoms with E-state index in [0.29, 0.717) is 18.8 Å². The number of rotatable bonds is 8. The molecule has 1 heterocycles. The minimum Gasteiger partial charge on any atom is -0.481 e. The maximum atomic E-state index is 11.8. The van der Waals surface area contributed by atoms with Crippen molar-refractivity contribution in [3.63, 3.8) is 0 Å². The Bertz CT molecular complexity index is 590. The van der Waals surface area contributed by atoms with Crippen molar-refractivity contribution in [1.29, 1.82) is 0 Å². The average Bonchev–Trinajstić information content (AvgIpc) is 2.58. The van der Waals surface area contributed by atoms with Crippen LogP contribution in [0.4, 0.5) is 0 Å². The standard InChI is InChI=1S/C17H20N2O2S/c1-21-17-12-14(9-10-18-17)13-19-16(20)8-5-11-22-15-6-3-2-4-7-15/h2-4,6-7,9-10,12H,5,8,11,13H2,1H3,(H,19,20). The Morgan fingerprint density at radius 2 is 2.09 bits per heavy atom. The Morgan fingerprint density at radius 3 is 2.86 bits per heavy atom. The van der Waals surface area contributed by atoms with Gasteiger partial charge in [-0.15, -0.1) is 11.8 Å². The Labute approximate surface area is 135 Å². The Morgan fingerprint density at radius 1 is 1.27 bits per heavy atom. The zero-order valence-corrected chi connectivity index (χ0v) is 13.4. The number of ether oxygens (including phenoxy) is 1. The van der Waals surface area contributed by atoms with E-state index in [2.05, 4.69) is 22.4 Å². The van der Waals surface area contributed by atoms with Crippen LogP contribution in [0.25, 0.3) is 0 Å².